The van der Waals surface area contributed by atoms with Crippen molar-refractivity contribution in [1.82, 2.24) is 10.2 Å². The van der Waals surface area contributed by atoms with Gasteiger partial charge in [0.2, 0.25) is 5.91 Å². The van der Waals surface area contributed by atoms with Crippen LogP contribution in [0.5, 0.6) is 0 Å². The Balaban J connectivity index is 1.96. The fourth-order valence-corrected chi connectivity index (χ4v) is 2.87. The van der Waals surface area contributed by atoms with Crippen LogP contribution >= 0.6 is 11.6 Å². The second-order valence-corrected chi connectivity index (χ2v) is 6.51. The molecule has 0 saturated carbocycles. The van der Waals surface area contributed by atoms with Gasteiger partial charge in [0.1, 0.15) is 6.04 Å². The number of urea groups is 1. The average molecular weight is 382 g/mol. The van der Waals surface area contributed by atoms with E-state index in [2.05, 4.69) is 17.6 Å². The van der Waals surface area contributed by atoms with Crippen LogP contribution < -0.4 is 10.6 Å². The molecule has 1 atom stereocenters. The van der Waals surface area contributed by atoms with Gasteiger partial charge in [-0.1, -0.05) is 37.4 Å². The Kier molecular flexibility index (Phi) is 7.72. The van der Waals surface area contributed by atoms with Gasteiger partial charge in [0, 0.05) is 23.8 Å². The third kappa shape index (κ3) is 5.91. The quantitative estimate of drug-likeness (QED) is 0.561. The summed E-state index contributed by atoms with van der Waals surface area (Å²) in [5.74, 6) is -0.841. The Bertz CT molecular complexity index is 653. The number of rotatable bonds is 7. The standard InChI is InChI=1S/C18H24ClN3O4/c1-2-3-4-10-26-16(23)12-15-17(24)20-8-9-22(15)18(25)21-14-7-5-6-13(19)11-14/h5-7,11,15H,2-4,8-10,12H2,1H3,(H,20,24)(H,21,25). The second kappa shape index (κ2) is 10.0. The molecule has 1 fully saturated rings. The number of hydrogen-bond acceptors (Lipinski definition) is 4. The SMILES string of the molecule is CCCCCOC(=O)CC1C(=O)NCCN1C(=O)Nc1cccc(Cl)c1. The number of amides is 3. The molecule has 1 saturated heterocycles. The van der Waals surface area contributed by atoms with E-state index >= 15 is 0 Å². The lowest BCUT2D eigenvalue weighted by atomic mass is 10.1. The molecule has 0 aliphatic carbocycles. The molecule has 1 aliphatic rings. The Morgan fingerprint density at radius 1 is 1.38 bits per heavy atom. The maximum atomic E-state index is 12.6. The van der Waals surface area contributed by atoms with Gasteiger partial charge in [0.25, 0.3) is 0 Å². The average Bonchev–Trinajstić information content (AvgIpc) is 2.60. The number of anilines is 1. The van der Waals surface area contributed by atoms with Gasteiger partial charge in [-0.25, -0.2) is 4.79 Å². The van der Waals surface area contributed by atoms with Crippen molar-refractivity contribution in [2.45, 2.75) is 38.6 Å². The molecule has 2 N–H and O–H groups in total. The number of ether oxygens (including phenoxy) is 1. The monoisotopic (exact) mass is 381 g/mol. The predicted molar refractivity (Wildman–Crippen MR) is 99.1 cm³/mol. The number of esters is 1. The minimum absolute atomic E-state index is 0.166. The molecular weight excluding hydrogens is 358 g/mol. The highest BCUT2D eigenvalue weighted by Gasteiger charge is 2.35. The van der Waals surface area contributed by atoms with Gasteiger partial charge in [-0.05, 0) is 24.6 Å². The maximum Gasteiger partial charge on any atom is 0.322 e. The van der Waals surface area contributed by atoms with Crippen LogP contribution in [0.3, 0.4) is 0 Å². The zero-order chi connectivity index (χ0) is 18.9. The Labute approximate surface area is 158 Å². The number of hydrogen-bond donors (Lipinski definition) is 2. The van der Waals surface area contributed by atoms with Crippen molar-refractivity contribution >= 4 is 35.2 Å². The molecule has 1 aromatic rings. The number of piperazine rings is 1. The molecule has 142 valence electrons. The molecule has 3 amide bonds. The number of carbonyl (C=O) groups is 3. The van der Waals surface area contributed by atoms with Crippen molar-refractivity contribution in [2.24, 2.45) is 0 Å². The van der Waals surface area contributed by atoms with E-state index in [9.17, 15) is 14.4 Å². The van der Waals surface area contributed by atoms with E-state index in [1.165, 1.54) is 4.90 Å². The van der Waals surface area contributed by atoms with Crippen molar-refractivity contribution in [1.29, 1.82) is 0 Å². The Morgan fingerprint density at radius 3 is 2.92 bits per heavy atom. The molecule has 0 bridgehead atoms. The largest absolute Gasteiger partial charge is 0.466 e. The molecule has 26 heavy (non-hydrogen) atoms. The molecular formula is C18H24ClN3O4. The van der Waals surface area contributed by atoms with Gasteiger partial charge in [0.15, 0.2) is 0 Å². The smallest absolute Gasteiger partial charge is 0.322 e. The van der Waals surface area contributed by atoms with E-state index in [0.717, 1.165) is 19.3 Å². The fourth-order valence-electron chi connectivity index (χ4n) is 2.68. The van der Waals surface area contributed by atoms with Gasteiger partial charge >= 0.3 is 12.0 Å². The van der Waals surface area contributed by atoms with Crippen LogP contribution in [0.2, 0.25) is 5.02 Å². The van der Waals surface area contributed by atoms with Gasteiger partial charge < -0.3 is 20.3 Å². The van der Waals surface area contributed by atoms with Crippen LogP contribution in [0.25, 0.3) is 0 Å². The molecule has 7 nitrogen and oxygen atoms in total. The van der Waals surface area contributed by atoms with Crippen molar-refractivity contribution in [3.05, 3.63) is 29.3 Å². The lowest BCUT2D eigenvalue weighted by molar-refractivity contribution is -0.147. The number of halogens is 1. The van der Waals surface area contributed by atoms with Crippen molar-refractivity contribution in [2.75, 3.05) is 25.0 Å². The zero-order valence-corrected chi connectivity index (χ0v) is 15.6. The summed E-state index contributed by atoms with van der Waals surface area (Å²) in [5.41, 5.74) is 0.523. The first-order valence-electron chi connectivity index (χ1n) is 8.77. The number of unbranched alkanes of at least 4 members (excludes halogenated alkanes) is 2. The third-order valence-electron chi connectivity index (χ3n) is 4.04. The Morgan fingerprint density at radius 2 is 2.19 bits per heavy atom. The van der Waals surface area contributed by atoms with E-state index in [4.69, 9.17) is 16.3 Å². The summed E-state index contributed by atoms with van der Waals surface area (Å²) in [6, 6.07) is 5.38. The lowest BCUT2D eigenvalue weighted by Crippen LogP contribution is -2.58. The first-order valence-corrected chi connectivity index (χ1v) is 9.15. The summed E-state index contributed by atoms with van der Waals surface area (Å²) in [4.78, 5) is 38.1. The highest BCUT2D eigenvalue weighted by molar-refractivity contribution is 6.30. The van der Waals surface area contributed by atoms with Gasteiger partial charge in [-0.2, -0.15) is 0 Å². The van der Waals surface area contributed by atoms with Crippen molar-refractivity contribution in [3.8, 4) is 0 Å². The molecule has 1 heterocycles. The predicted octanol–water partition coefficient (Wildman–Crippen LogP) is 2.80. The van der Waals surface area contributed by atoms with Gasteiger partial charge in [0.05, 0.1) is 13.0 Å². The summed E-state index contributed by atoms with van der Waals surface area (Å²) in [6.07, 6.45) is 2.63. The second-order valence-electron chi connectivity index (χ2n) is 6.07. The summed E-state index contributed by atoms with van der Waals surface area (Å²) < 4.78 is 5.16. The zero-order valence-electron chi connectivity index (χ0n) is 14.8. The minimum atomic E-state index is -0.887. The number of carbonyl (C=O) groups excluding carboxylic acids is 3. The molecule has 1 aliphatic heterocycles. The van der Waals surface area contributed by atoms with Crippen LogP contribution in [0.4, 0.5) is 10.5 Å². The number of benzene rings is 1. The van der Waals surface area contributed by atoms with Crippen LogP contribution in [-0.4, -0.2) is 48.5 Å². The van der Waals surface area contributed by atoms with E-state index in [1.807, 2.05) is 0 Å². The third-order valence-corrected chi connectivity index (χ3v) is 4.27. The molecule has 8 heteroatoms. The summed E-state index contributed by atoms with van der Waals surface area (Å²) >= 11 is 5.92. The van der Waals surface area contributed by atoms with E-state index in [1.54, 1.807) is 24.3 Å². The van der Waals surface area contributed by atoms with E-state index in [0.29, 0.717) is 30.4 Å². The number of nitrogens with zero attached hydrogens (tertiary/aromatic N) is 1. The molecule has 0 aromatic heterocycles. The van der Waals surface area contributed by atoms with Crippen molar-refractivity contribution in [3.63, 3.8) is 0 Å². The first kappa shape index (κ1) is 20.0. The highest BCUT2D eigenvalue weighted by Crippen LogP contribution is 2.17. The maximum absolute atomic E-state index is 12.6. The van der Waals surface area contributed by atoms with E-state index in [-0.39, 0.29) is 12.3 Å². The molecule has 1 unspecified atom stereocenters. The van der Waals surface area contributed by atoms with Crippen molar-refractivity contribution < 1.29 is 19.1 Å². The number of nitrogens with one attached hydrogen (secondary N) is 2. The summed E-state index contributed by atoms with van der Waals surface area (Å²) in [7, 11) is 0. The van der Waals surface area contributed by atoms with Crippen LogP contribution in [0.15, 0.2) is 24.3 Å². The van der Waals surface area contributed by atoms with E-state index < -0.39 is 18.0 Å². The molecule has 0 radical (unpaired) electrons. The van der Waals surface area contributed by atoms with Gasteiger partial charge in [-0.15, -0.1) is 0 Å². The molecule has 0 spiro atoms. The molecule has 2 rings (SSSR count). The van der Waals surface area contributed by atoms with Gasteiger partial charge in [-0.3, -0.25) is 9.59 Å². The highest BCUT2D eigenvalue weighted by atomic mass is 35.5. The minimum Gasteiger partial charge on any atom is -0.466 e. The fraction of sp³-hybridized carbons (Fsp3) is 0.500. The topological polar surface area (TPSA) is 87.7 Å². The summed E-state index contributed by atoms with van der Waals surface area (Å²) in [6.45, 7) is 3.04. The Hall–Kier alpha value is -2.28. The molecule has 1 aromatic carbocycles. The normalized spacial score (nSPS) is 16.8. The van der Waals surface area contributed by atoms with Crippen LogP contribution in [0.1, 0.15) is 32.6 Å². The first-order chi connectivity index (χ1) is 12.5. The van der Waals surface area contributed by atoms with Crippen LogP contribution in [0, 0.1) is 0 Å². The lowest BCUT2D eigenvalue weighted by Gasteiger charge is -2.34. The summed E-state index contributed by atoms with van der Waals surface area (Å²) in [5, 5.41) is 5.88. The van der Waals surface area contributed by atoms with Crippen LogP contribution in [-0.2, 0) is 14.3 Å².